The molecule has 3 N–H and O–H groups in total. The molecule has 1 unspecified atom stereocenters. The summed E-state index contributed by atoms with van der Waals surface area (Å²) in [4.78, 5) is 39.3. The Balaban J connectivity index is 0.000000303. The van der Waals surface area contributed by atoms with Gasteiger partial charge in [-0.2, -0.15) is 0 Å². The second-order valence-corrected chi connectivity index (χ2v) is 10.8. The number of ketones is 1. The molecular formula is C34H45N3O6. The third-order valence-electron chi connectivity index (χ3n) is 8.10. The van der Waals surface area contributed by atoms with E-state index in [0.717, 1.165) is 60.2 Å². The molecule has 0 spiro atoms. The summed E-state index contributed by atoms with van der Waals surface area (Å²) in [6, 6.07) is 17.3. The Morgan fingerprint density at radius 2 is 1.79 bits per heavy atom. The molecule has 1 aliphatic heterocycles. The molecule has 1 atom stereocenters. The van der Waals surface area contributed by atoms with Crippen LogP contribution in [-0.4, -0.2) is 66.5 Å². The summed E-state index contributed by atoms with van der Waals surface area (Å²) in [6.07, 6.45) is 4.60. The van der Waals surface area contributed by atoms with Gasteiger partial charge in [0.2, 0.25) is 12.3 Å². The van der Waals surface area contributed by atoms with E-state index in [0.29, 0.717) is 43.2 Å². The zero-order valence-corrected chi connectivity index (χ0v) is 25.7. The standard InChI is InChI=1S/C23H24N2O4.C11H21NO2/c1-16(27)21-23(28-2)19(12-13-29-14-17-8-4-3-5-9-17)22(25-21)18-10-6-7-11-20(18)24-15-26;1-3-9(2)10-4-6-12(7-5-10)11(14)8-13/h3-11,15,25H,12-14H2,1-2H3,(H,24,26);9-10,13H,3-8H2,1-2H3. The molecule has 0 radical (unpaired) electrons. The smallest absolute Gasteiger partial charge is 0.248 e. The van der Waals surface area contributed by atoms with Crippen molar-refractivity contribution in [1.82, 2.24) is 9.88 Å². The van der Waals surface area contributed by atoms with Crippen molar-refractivity contribution in [2.45, 2.75) is 53.1 Å². The Labute approximate surface area is 254 Å². The van der Waals surface area contributed by atoms with Crippen LogP contribution >= 0.6 is 0 Å². The van der Waals surface area contributed by atoms with Gasteiger partial charge in [-0.15, -0.1) is 0 Å². The minimum absolute atomic E-state index is 0.118. The number of para-hydroxylation sites is 1. The van der Waals surface area contributed by atoms with E-state index in [1.54, 1.807) is 18.1 Å². The lowest BCUT2D eigenvalue weighted by atomic mass is 9.84. The Morgan fingerprint density at radius 1 is 1.12 bits per heavy atom. The van der Waals surface area contributed by atoms with Crippen LogP contribution in [0, 0.1) is 11.8 Å². The van der Waals surface area contributed by atoms with Crippen molar-refractivity contribution < 1.29 is 29.0 Å². The van der Waals surface area contributed by atoms with E-state index in [4.69, 9.17) is 14.6 Å². The average Bonchev–Trinajstić information content (AvgIpc) is 3.42. The molecule has 1 aromatic heterocycles. The van der Waals surface area contributed by atoms with Gasteiger partial charge in [0, 0.05) is 43.2 Å². The highest BCUT2D eigenvalue weighted by Gasteiger charge is 2.25. The van der Waals surface area contributed by atoms with Gasteiger partial charge in [-0.25, -0.2) is 0 Å². The number of Topliss-reactive ketones (excluding diaryl/α,β-unsaturated/α-hetero) is 1. The molecule has 4 rings (SSSR count). The summed E-state index contributed by atoms with van der Waals surface area (Å²) in [5, 5.41) is 11.4. The molecule has 1 saturated heterocycles. The van der Waals surface area contributed by atoms with Crippen molar-refractivity contribution in [1.29, 1.82) is 0 Å². The zero-order valence-electron chi connectivity index (χ0n) is 25.7. The molecule has 1 aliphatic rings. The monoisotopic (exact) mass is 591 g/mol. The predicted molar refractivity (Wildman–Crippen MR) is 168 cm³/mol. The second-order valence-electron chi connectivity index (χ2n) is 10.8. The number of carbonyl (C=O) groups is 3. The van der Waals surface area contributed by atoms with Crippen molar-refractivity contribution >= 4 is 23.8 Å². The molecule has 0 bridgehead atoms. The number of hydrogen-bond donors (Lipinski definition) is 3. The van der Waals surface area contributed by atoms with Crippen LogP contribution in [0.3, 0.4) is 0 Å². The van der Waals surface area contributed by atoms with E-state index in [1.807, 2.05) is 48.5 Å². The highest BCUT2D eigenvalue weighted by Crippen LogP contribution is 2.38. The minimum Gasteiger partial charge on any atom is -0.494 e. The number of rotatable bonds is 13. The number of methoxy groups -OCH3 is 1. The molecule has 0 aliphatic carbocycles. The van der Waals surface area contributed by atoms with Crippen LogP contribution in [0.5, 0.6) is 5.75 Å². The Morgan fingerprint density at radius 3 is 2.40 bits per heavy atom. The number of nitrogens with zero attached hydrogens (tertiary/aromatic N) is 1. The molecule has 232 valence electrons. The molecule has 2 aromatic carbocycles. The summed E-state index contributed by atoms with van der Waals surface area (Å²) in [5.41, 5.74) is 4.50. The van der Waals surface area contributed by atoms with Gasteiger partial charge in [0.25, 0.3) is 0 Å². The third-order valence-corrected chi connectivity index (χ3v) is 8.10. The number of anilines is 1. The van der Waals surface area contributed by atoms with Crippen molar-refractivity contribution in [2.24, 2.45) is 11.8 Å². The first kappa shape index (κ1) is 33.6. The lowest BCUT2D eigenvalue weighted by molar-refractivity contribution is -0.135. The first-order chi connectivity index (χ1) is 20.8. The van der Waals surface area contributed by atoms with Gasteiger partial charge in [-0.05, 0) is 36.3 Å². The van der Waals surface area contributed by atoms with Crippen molar-refractivity contribution in [2.75, 3.05) is 38.7 Å². The number of aliphatic hydroxyl groups excluding tert-OH is 1. The highest BCUT2D eigenvalue weighted by atomic mass is 16.5. The van der Waals surface area contributed by atoms with Crippen LogP contribution in [0.25, 0.3) is 11.3 Å². The van der Waals surface area contributed by atoms with Crippen LogP contribution in [0.1, 0.15) is 61.6 Å². The van der Waals surface area contributed by atoms with Gasteiger partial charge in [0.15, 0.2) is 11.5 Å². The summed E-state index contributed by atoms with van der Waals surface area (Å²) < 4.78 is 11.4. The third kappa shape index (κ3) is 9.27. The van der Waals surface area contributed by atoms with Gasteiger partial charge in [-0.3, -0.25) is 14.4 Å². The van der Waals surface area contributed by atoms with Gasteiger partial charge in [0.1, 0.15) is 12.3 Å². The average molecular weight is 592 g/mol. The van der Waals surface area contributed by atoms with Crippen molar-refractivity contribution in [3.8, 4) is 17.0 Å². The van der Waals surface area contributed by atoms with Crippen LogP contribution in [0.15, 0.2) is 54.6 Å². The number of H-pyrrole nitrogens is 1. The largest absolute Gasteiger partial charge is 0.494 e. The molecule has 2 heterocycles. The van der Waals surface area contributed by atoms with Crippen LogP contribution < -0.4 is 10.1 Å². The summed E-state index contributed by atoms with van der Waals surface area (Å²) in [5.74, 6) is 1.80. The lowest BCUT2D eigenvalue weighted by Crippen LogP contribution is -2.41. The number of likely N-dealkylation sites (tertiary alicyclic amines) is 1. The summed E-state index contributed by atoms with van der Waals surface area (Å²) >= 11 is 0. The van der Waals surface area contributed by atoms with E-state index in [-0.39, 0.29) is 18.3 Å². The lowest BCUT2D eigenvalue weighted by Gasteiger charge is -2.34. The van der Waals surface area contributed by atoms with Gasteiger partial charge in [-0.1, -0.05) is 68.8 Å². The first-order valence-corrected chi connectivity index (χ1v) is 14.9. The number of hydrogen-bond acceptors (Lipinski definition) is 6. The highest BCUT2D eigenvalue weighted by molar-refractivity contribution is 5.98. The molecule has 0 saturated carbocycles. The number of amides is 2. The first-order valence-electron chi connectivity index (χ1n) is 14.9. The maximum absolute atomic E-state index is 12.1. The van der Waals surface area contributed by atoms with Crippen LogP contribution in [0.4, 0.5) is 5.69 Å². The molecule has 2 amide bonds. The Kier molecular flexibility index (Phi) is 13.4. The number of nitrogens with one attached hydrogen (secondary N) is 2. The number of aromatic amines is 1. The summed E-state index contributed by atoms with van der Waals surface area (Å²) in [6.45, 7) is 8.27. The zero-order chi connectivity index (χ0) is 31.2. The number of carbonyl (C=O) groups excluding carboxylic acids is 3. The minimum atomic E-state index is -0.339. The molecule has 9 nitrogen and oxygen atoms in total. The Bertz CT molecular complexity index is 1310. The molecular weight excluding hydrogens is 546 g/mol. The SMILES string of the molecule is CCC(C)C1CCN(C(=O)CO)CC1.COc1c(C(C)=O)[nH]c(-c2ccccc2NC=O)c1CCOCc1ccccc1. The number of ether oxygens (including phenoxy) is 2. The van der Waals surface area contributed by atoms with E-state index in [2.05, 4.69) is 24.1 Å². The Hall–Kier alpha value is -3.95. The van der Waals surface area contributed by atoms with Gasteiger partial charge in [0.05, 0.1) is 26.0 Å². The molecule has 9 heteroatoms. The van der Waals surface area contributed by atoms with Gasteiger partial charge >= 0.3 is 0 Å². The van der Waals surface area contributed by atoms with E-state index in [1.165, 1.54) is 13.3 Å². The number of aromatic nitrogens is 1. The molecule has 3 aromatic rings. The predicted octanol–water partition coefficient (Wildman–Crippen LogP) is 5.48. The van der Waals surface area contributed by atoms with Crippen LogP contribution in [-0.2, 0) is 27.4 Å². The number of aliphatic hydroxyl groups is 1. The fraction of sp³-hybridized carbons (Fsp3) is 0.441. The van der Waals surface area contributed by atoms with E-state index in [9.17, 15) is 14.4 Å². The number of piperidine rings is 1. The van der Waals surface area contributed by atoms with Crippen molar-refractivity contribution in [3.05, 3.63) is 71.4 Å². The van der Waals surface area contributed by atoms with Crippen LogP contribution in [0.2, 0.25) is 0 Å². The molecule has 1 fully saturated rings. The maximum Gasteiger partial charge on any atom is 0.248 e. The fourth-order valence-electron chi connectivity index (χ4n) is 5.44. The fourth-order valence-corrected chi connectivity index (χ4v) is 5.44. The second kappa shape index (κ2) is 17.2. The normalized spacial score (nSPS) is 13.9. The van der Waals surface area contributed by atoms with Gasteiger partial charge < -0.3 is 29.8 Å². The maximum atomic E-state index is 12.1. The van der Waals surface area contributed by atoms with E-state index < -0.39 is 0 Å². The molecule has 43 heavy (non-hydrogen) atoms. The number of benzene rings is 2. The van der Waals surface area contributed by atoms with E-state index >= 15 is 0 Å². The summed E-state index contributed by atoms with van der Waals surface area (Å²) in [7, 11) is 1.54. The van der Waals surface area contributed by atoms with Crippen molar-refractivity contribution in [3.63, 3.8) is 0 Å². The topological polar surface area (TPSA) is 121 Å². The quantitative estimate of drug-likeness (QED) is 0.137.